The molecule has 1 N–H and O–H groups in total. The number of hydrogen-bond donors (Lipinski definition) is 1. The zero-order valence-electron chi connectivity index (χ0n) is 15.7. The van der Waals surface area contributed by atoms with Gasteiger partial charge in [0, 0.05) is 22.6 Å². The highest BCUT2D eigenvalue weighted by atomic mass is 79.9. The van der Waals surface area contributed by atoms with E-state index in [-0.39, 0.29) is 11.9 Å². The van der Waals surface area contributed by atoms with E-state index in [4.69, 9.17) is 4.42 Å². The fraction of sp³-hybridized carbons (Fsp3) is 0.364. The molecule has 0 saturated carbocycles. The molecule has 1 amide bonds. The molecule has 3 fully saturated rings. The van der Waals surface area contributed by atoms with Crippen molar-refractivity contribution < 1.29 is 9.21 Å². The summed E-state index contributed by atoms with van der Waals surface area (Å²) in [5.41, 5.74) is 3.87. The molecule has 6 rings (SSSR count). The monoisotopic (exact) mass is 439 g/mol. The van der Waals surface area contributed by atoms with Gasteiger partial charge >= 0.3 is 0 Å². The molecule has 6 heteroatoms. The fourth-order valence-electron chi connectivity index (χ4n) is 4.36. The Morgan fingerprint density at radius 3 is 2.64 bits per heavy atom. The third-order valence-corrected chi connectivity index (χ3v) is 6.43. The Hall–Kier alpha value is -2.18. The molecular formula is C22H22BrN3O2. The normalized spacial score (nSPS) is 23.9. The SMILES string of the molecule is Cc1ccc(-c2nc3c(C(=O)NC4CN5CCC4CC5)cc(Br)cc3o2)cc1. The van der Waals surface area contributed by atoms with Crippen LogP contribution < -0.4 is 5.32 Å². The van der Waals surface area contributed by atoms with Crippen molar-refractivity contribution in [3.05, 3.63) is 52.0 Å². The van der Waals surface area contributed by atoms with Crippen molar-refractivity contribution in [2.24, 2.45) is 5.92 Å². The summed E-state index contributed by atoms with van der Waals surface area (Å²) in [6.07, 6.45) is 2.33. The predicted octanol–water partition coefficient (Wildman–Crippen LogP) is 4.39. The van der Waals surface area contributed by atoms with Gasteiger partial charge in [0.15, 0.2) is 5.58 Å². The molecule has 0 radical (unpaired) electrons. The summed E-state index contributed by atoms with van der Waals surface area (Å²) in [7, 11) is 0. The summed E-state index contributed by atoms with van der Waals surface area (Å²) in [6, 6.07) is 11.9. The van der Waals surface area contributed by atoms with E-state index in [0.29, 0.717) is 28.5 Å². The van der Waals surface area contributed by atoms with Crippen molar-refractivity contribution in [1.29, 1.82) is 0 Å². The average Bonchev–Trinajstić information content (AvgIpc) is 3.12. The van der Waals surface area contributed by atoms with Gasteiger partial charge in [-0.05, 0) is 63.0 Å². The summed E-state index contributed by atoms with van der Waals surface area (Å²) in [5, 5.41) is 3.26. The maximum atomic E-state index is 13.1. The summed E-state index contributed by atoms with van der Waals surface area (Å²) < 4.78 is 6.79. The lowest BCUT2D eigenvalue weighted by Gasteiger charge is -2.44. The number of piperidine rings is 3. The van der Waals surface area contributed by atoms with Crippen LogP contribution in [0.2, 0.25) is 0 Å². The third-order valence-electron chi connectivity index (χ3n) is 5.98. The number of halogens is 1. The second-order valence-electron chi connectivity index (χ2n) is 7.90. The molecule has 144 valence electrons. The largest absolute Gasteiger partial charge is 0.436 e. The van der Waals surface area contributed by atoms with Crippen LogP contribution in [-0.4, -0.2) is 41.5 Å². The Balaban J connectivity index is 1.48. The lowest BCUT2D eigenvalue weighted by molar-refractivity contribution is 0.0621. The molecule has 28 heavy (non-hydrogen) atoms. The van der Waals surface area contributed by atoms with Gasteiger partial charge in [-0.25, -0.2) is 4.98 Å². The first-order valence-corrected chi connectivity index (χ1v) is 10.6. The van der Waals surface area contributed by atoms with E-state index in [1.54, 1.807) is 0 Å². The van der Waals surface area contributed by atoms with Gasteiger partial charge < -0.3 is 14.6 Å². The number of carbonyl (C=O) groups is 1. The number of benzene rings is 2. The van der Waals surface area contributed by atoms with Gasteiger partial charge in [-0.2, -0.15) is 0 Å². The molecule has 2 aromatic carbocycles. The summed E-state index contributed by atoms with van der Waals surface area (Å²) in [5.74, 6) is 1.04. The lowest BCUT2D eigenvalue weighted by atomic mass is 9.84. The highest BCUT2D eigenvalue weighted by Crippen LogP contribution is 2.31. The molecule has 1 unspecified atom stereocenters. The second-order valence-corrected chi connectivity index (χ2v) is 8.82. The molecule has 3 saturated heterocycles. The number of aryl methyl sites for hydroxylation is 1. The number of oxazole rings is 1. The minimum absolute atomic E-state index is 0.0752. The van der Waals surface area contributed by atoms with Gasteiger partial charge in [0.05, 0.1) is 5.56 Å². The van der Waals surface area contributed by atoms with Crippen LogP contribution in [0, 0.1) is 12.8 Å². The topological polar surface area (TPSA) is 58.4 Å². The first kappa shape index (κ1) is 17.9. The molecule has 0 spiro atoms. The van der Waals surface area contributed by atoms with Crippen LogP contribution in [0.4, 0.5) is 0 Å². The number of amides is 1. The lowest BCUT2D eigenvalue weighted by Crippen LogP contribution is -2.57. The van der Waals surface area contributed by atoms with Crippen LogP contribution in [0.1, 0.15) is 28.8 Å². The fourth-order valence-corrected chi connectivity index (χ4v) is 4.80. The van der Waals surface area contributed by atoms with Crippen LogP contribution in [0.3, 0.4) is 0 Å². The zero-order valence-corrected chi connectivity index (χ0v) is 17.3. The van der Waals surface area contributed by atoms with E-state index in [1.165, 1.54) is 18.4 Å². The van der Waals surface area contributed by atoms with E-state index in [1.807, 2.05) is 43.3 Å². The van der Waals surface area contributed by atoms with E-state index in [2.05, 4.69) is 31.1 Å². The second kappa shape index (κ2) is 7.01. The molecule has 3 aliphatic heterocycles. The number of aromatic nitrogens is 1. The Bertz CT molecular complexity index is 1040. The Morgan fingerprint density at radius 2 is 1.96 bits per heavy atom. The first-order chi connectivity index (χ1) is 13.6. The van der Waals surface area contributed by atoms with Crippen molar-refractivity contribution in [1.82, 2.24) is 15.2 Å². The minimum atomic E-state index is -0.0752. The number of nitrogens with one attached hydrogen (secondary N) is 1. The average molecular weight is 440 g/mol. The summed E-state index contributed by atoms with van der Waals surface area (Å²) in [4.78, 5) is 20.2. The molecule has 0 aliphatic carbocycles. The Morgan fingerprint density at radius 1 is 1.21 bits per heavy atom. The zero-order chi connectivity index (χ0) is 19.3. The van der Waals surface area contributed by atoms with Gasteiger partial charge in [-0.15, -0.1) is 0 Å². The van der Waals surface area contributed by atoms with E-state index in [9.17, 15) is 4.79 Å². The Kier molecular flexibility index (Phi) is 4.48. The molecule has 3 aromatic rings. The molecule has 1 atom stereocenters. The summed E-state index contributed by atoms with van der Waals surface area (Å²) >= 11 is 3.51. The van der Waals surface area contributed by atoms with Crippen molar-refractivity contribution in [2.75, 3.05) is 19.6 Å². The molecule has 3 aliphatic rings. The van der Waals surface area contributed by atoms with Crippen LogP contribution in [0.5, 0.6) is 0 Å². The quantitative estimate of drug-likeness (QED) is 0.657. The maximum Gasteiger partial charge on any atom is 0.253 e. The molecule has 5 nitrogen and oxygen atoms in total. The van der Waals surface area contributed by atoms with Crippen LogP contribution >= 0.6 is 15.9 Å². The summed E-state index contributed by atoms with van der Waals surface area (Å²) in [6.45, 7) is 5.30. The van der Waals surface area contributed by atoms with Crippen LogP contribution in [0.15, 0.2) is 45.3 Å². The van der Waals surface area contributed by atoms with E-state index >= 15 is 0 Å². The van der Waals surface area contributed by atoms with E-state index < -0.39 is 0 Å². The van der Waals surface area contributed by atoms with Gasteiger partial charge in [0.1, 0.15) is 5.52 Å². The highest BCUT2D eigenvalue weighted by molar-refractivity contribution is 9.10. The van der Waals surface area contributed by atoms with Gasteiger partial charge in [-0.3, -0.25) is 4.79 Å². The third kappa shape index (κ3) is 3.25. The molecule has 1 aromatic heterocycles. The molecular weight excluding hydrogens is 418 g/mol. The smallest absolute Gasteiger partial charge is 0.253 e. The Labute approximate surface area is 172 Å². The molecule has 4 heterocycles. The first-order valence-electron chi connectivity index (χ1n) is 9.77. The number of rotatable bonds is 3. The standard InChI is InChI=1S/C22H22BrN3O2/c1-13-2-4-15(5-3-13)22-25-20-17(10-16(23)11-19(20)28-22)21(27)24-18-12-26-8-6-14(18)7-9-26/h2-5,10-11,14,18H,6-9,12H2,1H3,(H,24,27). The van der Waals surface area contributed by atoms with Crippen LogP contribution in [0.25, 0.3) is 22.6 Å². The number of hydrogen-bond acceptors (Lipinski definition) is 4. The van der Waals surface area contributed by atoms with Crippen molar-refractivity contribution in [2.45, 2.75) is 25.8 Å². The van der Waals surface area contributed by atoms with Gasteiger partial charge in [-0.1, -0.05) is 33.6 Å². The van der Waals surface area contributed by atoms with Crippen molar-refractivity contribution in [3.63, 3.8) is 0 Å². The molecule has 2 bridgehead atoms. The van der Waals surface area contributed by atoms with Gasteiger partial charge in [0.2, 0.25) is 5.89 Å². The van der Waals surface area contributed by atoms with E-state index in [0.717, 1.165) is 29.7 Å². The van der Waals surface area contributed by atoms with Crippen LogP contribution in [-0.2, 0) is 0 Å². The van der Waals surface area contributed by atoms with Gasteiger partial charge in [0.25, 0.3) is 5.91 Å². The minimum Gasteiger partial charge on any atom is -0.436 e. The number of carbonyl (C=O) groups excluding carboxylic acids is 1. The van der Waals surface area contributed by atoms with Crippen molar-refractivity contribution >= 4 is 32.9 Å². The highest BCUT2D eigenvalue weighted by Gasteiger charge is 2.35. The number of nitrogens with zero attached hydrogens (tertiary/aromatic N) is 2. The predicted molar refractivity (Wildman–Crippen MR) is 112 cm³/mol. The maximum absolute atomic E-state index is 13.1. The number of fused-ring (bicyclic) bond motifs is 4. The van der Waals surface area contributed by atoms with Crippen molar-refractivity contribution in [3.8, 4) is 11.5 Å².